The highest BCUT2D eigenvalue weighted by atomic mass is 35.5. The van der Waals surface area contributed by atoms with Gasteiger partial charge in [0.25, 0.3) is 0 Å². The number of anilines is 2. The van der Waals surface area contributed by atoms with E-state index in [4.69, 9.17) is 11.6 Å². The fourth-order valence-corrected chi connectivity index (χ4v) is 1.89. The second kappa shape index (κ2) is 6.43. The maximum atomic E-state index is 13.3. The largest absolute Gasteiger partial charge is 0.383 e. The molecule has 2 aromatic carbocycles. The lowest BCUT2D eigenvalue weighted by molar-refractivity contribution is 0.630. The molecule has 0 bridgehead atoms. The van der Waals surface area contributed by atoms with Crippen molar-refractivity contribution in [1.29, 1.82) is 0 Å². The number of nitrogens with one attached hydrogen (secondary N) is 2. The molecule has 4 heteroatoms. The van der Waals surface area contributed by atoms with Gasteiger partial charge in [0.1, 0.15) is 5.82 Å². The summed E-state index contributed by atoms with van der Waals surface area (Å²) in [6.07, 6.45) is 0. The zero-order chi connectivity index (χ0) is 13.7. The molecule has 0 radical (unpaired) electrons. The van der Waals surface area contributed by atoms with Gasteiger partial charge in [-0.15, -0.1) is 0 Å². The smallest absolute Gasteiger partial charge is 0.146 e. The van der Waals surface area contributed by atoms with E-state index in [0.717, 1.165) is 16.3 Å². The summed E-state index contributed by atoms with van der Waals surface area (Å²) in [5.41, 5.74) is 2.54. The van der Waals surface area contributed by atoms with Gasteiger partial charge in [-0.1, -0.05) is 29.8 Å². The average molecular weight is 279 g/mol. The van der Waals surface area contributed by atoms with Gasteiger partial charge in [0.05, 0.1) is 5.69 Å². The lowest BCUT2D eigenvalue weighted by atomic mass is 10.2. The molecule has 0 aliphatic heterocycles. The van der Waals surface area contributed by atoms with Crippen LogP contribution in [0, 0.1) is 12.7 Å². The Hall–Kier alpha value is -1.74. The Labute approximate surface area is 117 Å². The van der Waals surface area contributed by atoms with Crippen molar-refractivity contribution in [3.63, 3.8) is 0 Å². The Kier molecular flexibility index (Phi) is 4.63. The molecule has 2 rings (SSSR count). The first-order valence-corrected chi connectivity index (χ1v) is 6.53. The van der Waals surface area contributed by atoms with Gasteiger partial charge in [-0.2, -0.15) is 0 Å². The van der Waals surface area contributed by atoms with Crippen molar-refractivity contribution in [2.24, 2.45) is 0 Å². The number of benzene rings is 2. The lowest BCUT2D eigenvalue weighted by Crippen LogP contribution is -2.14. The van der Waals surface area contributed by atoms with Crippen LogP contribution in [0.4, 0.5) is 15.8 Å². The average Bonchev–Trinajstić information content (AvgIpc) is 2.40. The van der Waals surface area contributed by atoms with Crippen molar-refractivity contribution >= 4 is 23.0 Å². The van der Waals surface area contributed by atoms with Crippen molar-refractivity contribution in [2.45, 2.75) is 6.92 Å². The van der Waals surface area contributed by atoms with Crippen LogP contribution >= 0.6 is 11.6 Å². The van der Waals surface area contributed by atoms with Crippen LogP contribution in [0.15, 0.2) is 42.5 Å². The summed E-state index contributed by atoms with van der Waals surface area (Å²) < 4.78 is 13.3. The maximum absolute atomic E-state index is 13.3. The quantitative estimate of drug-likeness (QED) is 0.796. The minimum atomic E-state index is -0.235. The number of hydrogen-bond donors (Lipinski definition) is 2. The van der Waals surface area contributed by atoms with Gasteiger partial charge in [-0.3, -0.25) is 0 Å². The van der Waals surface area contributed by atoms with Gasteiger partial charge in [0.15, 0.2) is 0 Å². The topological polar surface area (TPSA) is 24.1 Å². The number of rotatable bonds is 5. The first-order valence-electron chi connectivity index (χ1n) is 6.15. The third kappa shape index (κ3) is 3.86. The highest BCUT2D eigenvalue weighted by molar-refractivity contribution is 6.31. The SMILES string of the molecule is Cc1ccc(NCCNc2ccccc2F)cc1Cl. The van der Waals surface area contributed by atoms with Crippen LogP contribution in [0.3, 0.4) is 0 Å². The van der Waals surface area contributed by atoms with Gasteiger partial charge >= 0.3 is 0 Å². The van der Waals surface area contributed by atoms with E-state index in [-0.39, 0.29) is 5.82 Å². The van der Waals surface area contributed by atoms with E-state index in [1.54, 1.807) is 18.2 Å². The van der Waals surface area contributed by atoms with Gasteiger partial charge in [0.2, 0.25) is 0 Å². The van der Waals surface area contributed by atoms with Crippen LogP contribution in [0.2, 0.25) is 5.02 Å². The molecule has 0 heterocycles. The van der Waals surface area contributed by atoms with Crippen molar-refractivity contribution < 1.29 is 4.39 Å². The molecule has 0 fully saturated rings. The summed E-state index contributed by atoms with van der Waals surface area (Å²) in [5.74, 6) is -0.235. The second-order valence-electron chi connectivity index (χ2n) is 4.30. The van der Waals surface area contributed by atoms with Crippen LogP contribution < -0.4 is 10.6 Å². The predicted molar refractivity (Wildman–Crippen MR) is 79.6 cm³/mol. The zero-order valence-electron chi connectivity index (χ0n) is 10.7. The predicted octanol–water partition coefficient (Wildman–Crippen LogP) is 4.31. The Bertz CT molecular complexity index is 558. The zero-order valence-corrected chi connectivity index (χ0v) is 11.5. The summed E-state index contributed by atoms with van der Waals surface area (Å²) in [6.45, 7) is 3.28. The fourth-order valence-electron chi connectivity index (χ4n) is 1.71. The first kappa shape index (κ1) is 13.7. The normalized spacial score (nSPS) is 10.3. The molecule has 0 aromatic heterocycles. The summed E-state index contributed by atoms with van der Waals surface area (Å²) >= 11 is 6.04. The molecule has 100 valence electrons. The third-order valence-corrected chi connectivity index (χ3v) is 3.22. The number of hydrogen-bond acceptors (Lipinski definition) is 2. The molecule has 0 aliphatic carbocycles. The van der Waals surface area contributed by atoms with Crippen LogP contribution in [-0.4, -0.2) is 13.1 Å². The van der Waals surface area contributed by atoms with Gasteiger partial charge < -0.3 is 10.6 Å². The van der Waals surface area contributed by atoms with Crippen molar-refractivity contribution in [3.8, 4) is 0 Å². The highest BCUT2D eigenvalue weighted by Gasteiger charge is 1.99. The molecule has 0 saturated carbocycles. The molecule has 0 aliphatic rings. The van der Waals surface area contributed by atoms with E-state index in [2.05, 4.69) is 10.6 Å². The van der Waals surface area contributed by atoms with E-state index in [1.807, 2.05) is 25.1 Å². The molecule has 2 nitrogen and oxygen atoms in total. The van der Waals surface area contributed by atoms with Gasteiger partial charge in [-0.05, 0) is 36.8 Å². The summed E-state index contributed by atoms with van der Waals surface area (Å²) in [7, 11) is 0. The first-order chi connectivity index (χ1) is 9.16. The Morgan fingerprint density at radius 3 is 2.53 bits per heavy atom. The molecule has 19 heavy (non-hydrogen) atoms. The molecule has 0 atom stereocenters. The Balaban J connectivity index is 1.81. The van der Waals surface area contributed by atoms with Crippen molar-refractivity contribution in [2.75, 3.05) is 23.7 Å². The maximum Gasteiger partial charge on any atom is 0.146 e. The monoisotopic (exact) mass is 278 g/mol. The number of halogens is 2. The van der Waals surface area contributed by atoms with Gasteiger partial charge in [-0.25, -0.2) is 4.39 Å². The molecule has 2 aromatic rings. The molecule has 0 spiro atoms. The third-order valence-electron chi connectivity index (χ3n) is 2.82. The highest BCUT2D eigenvalue weighted by Crippen LogP contribution is 2.19. The minimum absolute atomic E-state index is 0.235. The van der Waals surface area contributed by atoms with E-state index in [0.29, 0.717) is 18.8 Å². The second-order valence-corrected chi connectivity index (χ2v) is 4.70. The Morgan fingerprint density at radius 2 is 1.79 bits per heavy atom. The summed E-state index contributed by atoms with van der Waals surface area (Å²) in [6, 6.07) is 12.5. The molecular weight excluding hydrogens is 263 g/mol. The molecule has 0 saturated heterocycles. The van der Waals surface area contributed by atoms with Crippen LogP contribution in [-0.2, 0) is 0 Å². The molecule has 0 amide bonds. The fraction of sp³-hybridized carbons (Fsp3) is 0.200. The van der Waals surface area contributed by atoms with E-state index in [1.165, 1.54) is 6.07 Å². The molecular formula is C15H16ClFN2. The van der Waals surface area contributed by atoms with Crippen LogP contribution in [0.1, 0.15) is 5.56 Å². The molecule has 2 N–H and O–H groups in total. The van der Waals surface area contributed by atoms with Crippen LogP contribution in [0.5, 0.6) is 0 Å². The number of aryl methyl sites for hydroxylation is 1. The minimum Gasteiger partial charge on any atom is -0.383 e. The number of para-hydroxylation sites is 1. The van der Waals surface area contributed by atoms with E-state index >= 15 is 0 Å². The lowest BCUT2D eigenvalue weighted by Gasteiger charge is -2.10. The Morgan fingerprint density at radius 1 is 1.05 bits per heavy atom. The summed E-state index contributed by atoms with van der Waals surface area (Å²) in [5, 5.41) is 7.01. The van der Waals surface area contributed by atoms with E-state index < -0.39 is 0 Å². The van der Waals surface area contributed by atoms with Gasteiger partial charge in [0, 0.05) is 23.8 Å². The summed E-state index contributed by atoms with van der Waals surface area (Å²) in [4.78, 5) is 0. The standard InChI is InChI=1S/C15H16ClFN2/c1-11-6-7-12(10-13(11)16)18-8-9-19-15-5-3-2-4-14(15)17/h2-7,10,18-19H,8-9H2,1H3. The molecule has 0 unspecified atom stereocenters. The van der Waals surface area contributed by atoms with Crippen LogP contribution in [0.25, 0.3) is 0 Å². The van der Waals surface area contributed by atoms with E-state index in [9.17, 15) is 4.39 Å². The van der Waals surface area contributed by atoms with Crippen molar-refractivity contribution in [3.05, 3.63) is 58.9 Å². The van der Waals surface area contributed by atoms with Crippen molar-refractivity contribution in [1.82, 2.24) is 0 Å².